The Morgan fingerprint density at radius 3 is 2.32 bits per heavy atom. The third kappa shape index (κ3) is 4.13. The van der Waals surface area contributed by atoms with Crippen LogP contribution in [0.5, 0.6) is 0 Å². The van der Waals surface area contributed by atoms with E-state index in [0.717, 1.165) is 55.0 Å². The Kier molecular flexibility index (Phi) is 5.57. The minimum Gasteiger partial charge on any atom is -0.356 e. The van der Waals surface area contributed by atoms with E-state index < -0.39 is 0 Å². The average molecular weight is 418 g/mol. The van der Waals surface area contributed by atoms with Gasteiger partial charge < -0.3 is 15.1 Å². The molecule has 0 aromatic carbocycles. The van der Waals surface area contributed by atoms with Crippen molar-refractivity contribution in [2.24, 2.45) is 0 Å². The molecule has 2 saturated heterocycles. The lowest BCUT2D eigenvalue weighted by Gasteiger charge is -2.26. The maximum absolute atomic E-state index is 4.83. The SMILES string of the molecule is CC(C)c1cnc(N2CCCC2)c2cnc(Nc3ccnc(N4CCCCC4)n3)cc12. The summed E-state index contributed by atoms with van der Waals surface area (Å²) in [7, 11) is 0. The highest BCUT2D eigenvalue weighted by molar-refractivity contribution is 5.95. The first-order valence-electron chi connectivity index (χ1n) is 11.6. The summed E-state index contributed by atoms with van der Waals surface area (Å²) in [5, 5.41) is 5.76. The molecule has 2 aliphatic heterocycles. The molecular weight excluding hydrogens is 386 g/mol. The molecule has 0 saturated carbocycles. The number of pyridine rings is 2. The van der Waals surface area contributed by atoms with Crippen molar-refractivity contribution in [1.29, 1.82) is 0 Å². The Labute approximate surface area is 183 Å². The van der Waals surface area contributed by atoms with Gasteiger partial charge in [-0.3, -0.25) is 0 Å². The van der Waals surface area contributed by atoms with Crippen LogP contribution >= 0.6 is 0 Å². The van der Waals surface area contributed by atoms with Gasteiger partial charge in [-0.1, -0.05) is 13.8 Å². The van der Waals surface area contributed by atoms with Gasteiger partial charge in [0, 0.05) is 50.2 Å². The maximum atomic E-state index is 4.83. The Morgan fingerprint density at radius 1 is 0.806 bits per heavy atom. The minimum absolute atomic E-state index is 0.391. The zero-order valence-electron chi connectivity index (χ0n) is 18.5. The average Bonchev–Trinajstić information content (AvgIpc) is 3.33. The topological polar surface area (TPSA) is 70.1 Å². The van der Waals surface area contributed by atoms with Crippen molar-refractivity contribution in [3.8, 4) is 0 Å². The molecule has 0 amide bonds. The zero-order valence-corrected chi connectivity index (χ0v) is 18.5. The van der Waals surface area contributed by atoms with E-state index in [4.69, 9.17) is 15.0 Å². The lowest BCUT2D eigenvalue weighted by molar-refractivity contribution is 0.568. The molecule has 3 aromatic rings. The first-order valence-corrected chi connectivity index (χ1v) is 11.6. The highest BCUT2D eigenvalue weighted by Crippen LogP contribution is 2.33. The standard InChI is InChI=1S/C24H31N7/c1-17(2)19-15-27-23(30-10-6-7-11-30)20-16-26-22(14-18(19)20)28-21-8-9-25-24(29-21)31-12-4-3-5-13-31/h8-9,14-17H,3-7,10-13H2,1-2H3,(H,25,26,28,29). The Hall–Kier alpha value is -2.96. The van der Waals surface area contributed by atoms with Gasteiger partial charge in [0.05, 0.1) is 0 Å². The lowest BCUT2D eigenvalue weighted by atomic mass is 9.99. The Morgan fingerprint density at radius 2 is 1.55 bits per heavy atom. The summed E-state index contributed by atoms with van der Waals surface area (Å²) in [6.45, 7) is 8.64. The van der Waals surface area contributed by atoms with E-state index in [9.17, 15) is 0 Å². The summed E-state index contributed by atoms with van der Waals surface area (Å²) < 4.78 is 0. The molecule has 0 bridgehead atoms. The maximum Gasteiger partial charge on any atom is 0.227 e. The second-order valence-electron chi connectivity index (χ2n) is 8.92. The van der Waals surface area contributed by atoms with Crippen molar-refractivity contribution in [3.05, 3.63) is 36.3 Å². The number of fused-ring (bicyclic) bond motifs is 1. The number of hydrogen-bond acceptors (Lipinski definition) is 7. The van der Waals surface area contributed by atoms with Crippen LogP contribution in [-0.4, -0.2) is 46.1 Å². The van der Waals surface area contributed by atoms with E-state index in [0.29, 0.717) is 5.92 Å². The van der Waals surface area contributed by atoms with Gasteiger partial charge in [0.2, 0.25) is 5.95 Å². The molecule has 0 radical (unpaired) electrons. The molecule has 7 heteroatoms. The van der Waals surface area contributed by atoms with E-state index in [-0.39, 0.29) is 0 Å². The molecule has 2 aliphatic rings. The third-order valence-electron chi connectivity index (χ3n) is 6.35. The van der Waals surface area contributed by atoms with Crippen LogP contribution in [0.1, 0.15) is 57.4 Å². The first kappa shape index (κ1) is 20.0. The summed E-state index contributed by atoms with van der Waals surface area (Å²) in [5.74, 6) is 3.83. The van der Waals surface area contributed by atoms with Gasteiger partial charge in [0.1, 0.15) is 17.5 Å². The highest BCUT2D eigenvalue weighted by atomic mass is 15.3. The number of aromatic nitrogens is 4. The number of piperidine rings is 1. The quantitative estimate of drug-likeness (QED) is 0.634. The summed E-state index contributed by atoms with van der Waals surface area (Å²) in [6.07, 6.45) is 12.0. The molecule has 0 atom stereocenters. The largest absolute Gasteiger partial charge is 0.356 e. The van der Waals surface area contributed by atoms with Crippen LogP contribution in [0.3, 0.4) is 0 Å². The molecule has 1 N–H and O–H groups in total. The summed E-state index contributed by atoms with van der Waals surface area (Å²) in [6, 6.07) is 4.06. The van der Waals surface area contributed by atoms with Crippen molar-refractivity contribution in [2.45, 2.75) is 51.9 Å². The van der Waals surface area contributed by atoms with Crippen molar-refractivity contribution < 1.29 is 0 Å². The summed E-state index contributed by atoms with van der Waals surface area (Å²) in [4.78, 5) is 23.4. The van der Waals surface area contributed by atoms with Gasteiger partial charge in [-0.25, -0.2) is 15.0 Å². The molecule has 5 heterocycles. The van der Waals surface area contributed by atoms with Gasteiger partial charge in [-0.2, -0.15) is 4.98 Å². The van der Waals surface area contributed by atoms with Crippen molar-refractivity contribution in [3.63, 3.8) is 0 Å². The Bertz CT molecular complexity index is 1050. The van der Waals surface area contributed by atoms with E-state index in [1.54, 1.807) is 0 Å². The van der Waals surface area contributed by atoms with Crippen LogP contribution in [0.2, 0.25) is 0 Å². The van der Waals surface area contributed by atoms with E-state index in [1.807, 2.05) is 24.7 Å². The second kappa shape index (κ2) is 8.65. The van der Waals surface area contributed by atoms with Crippen molar-refractivity contribution in [1.82, 2.24) is 19.9 Å². The third-order valence-corrected chi connectivity index (χ3v) is 6.35. The molecular formula is C24H31N7. The first-order chi connectivity index (χ1) is 15.2. The van der Waals surface area contributed by atoms with Gasteiger partial charge in [0.15, 0.2) is 0 Å². The molecule has 162 valence electrons. The predicted octanol–water partition coefficient (Wildman–Crippen LogP) is 4.88. The fourth-order valence-corrected chi connectivity index (χ4v) is 4.65. The fourth-order valence-electron chi connectivity index (χ4n) is 4.65. The normalized spacial score (nSPS) is 17.0. The smallest absolute Gasteiger partial charge is 0.227 e. The van der Waals surface area contributed by atoms with E-state index >= 15 is 0 Å². The van der Waals surface area contributed by atoms with Gasteiger partial charge in [0.25, 0.3) is 0 Å². The van der Waals surface area contributed by atoms with Crippen LogP contribution in [0.15, 0.2) is 30.7 Å². The summed E-state index contributed by atoms with van der Waals surface area (Å²) >= 11 is 0. The molecule has 0 unspecified atom stereocenters. The fraction of sp³-hybridized carbons (Fsp3) is 0.500. The number of rotatable bonds is 5. The monoisotopic (exact) mass is 417 g/mol. The molecule has 5 rings (SSSR count). The highest BCUT2D eigenvalue weighted by Gasteiger charge is 2.19. The van der Waals surface area contributed by atoms with Crippen LogP contribution in [-0.2, 0) is 0 Å². The number of nitrogens with zero attached hydrogens (tertiary/aromatic N) is 6. The van der Waals surface area contributed by atoms with Gasteiger partial charge in [-0.05, 0) is 61.1 Å². The molecule has 31 heavy (non-hydrogen) atoms. The molecule has 3 aromatic heterocycles. The van der Waals surface area contributed by atoms with Crippen LogP contribution in [0.4, 0.5) is 23.4 Å². The van der Waals surface area contributed by atoms with Crippen LogP contribution in [0.25, 0.3) is 10.8 Å². The molecule has 2 fully saturated rings. The van der Waals surface area contributed by atoms with Crippen LogP contribution < -0.4 is 15.1 Å². The molecule has 0 aliphatic carbocycles. The molecule has 0 spiro atoms. The van der Waals surface area contributed by atoms with Crippen molar-refractivity contribution >= 4 is 34.2 Å². The predicted molar refractivity (Wildman–Crippen MR) is 126 cm³/mol. The number of anilines is 4. The van der Waals surface area contributed by atoms with Crippen LogP contribution in [0, 0.1) is 0 Å². The Balaban J connectivity index is 1.47. The van der Waals surface area contributed by atoms with E-state index in [2.05, 4.69) is 40.0 Å². The number of nitrogens with one attached hydrogen (secondary N) is 1. The zero-order chi connectivity index (χ0) is 21.2. The van der Waals surface area contributed by atoms with Crippen molar-refractivity contribution in [2.75, 3.05) is 41.3 Å². The van der Waals surface area contributed by atoms with E-state index in [1.165, 1.54) is 43.1 Å². The molecule has 7 nitrogen and oxygen atoms in total. The second-order valence-corrected chi connectivity index (χ2v) is 8.92. The number of hydrogen-bond donors (Lipinski definition) is 1. The minimum atomic E-state index is 0.391. The lowest BCUT2D eigenvalue weighted by Crippen LogP contribution is -2.31. The van der Waals surface area contributed by atoms with Gasteiger partial charge in [-0.15, -0.1) is 0 Å². The summed E-state index contributed by atoms with van der Waals surface area (Å²) in [5.41, 5.74) is 1.25. The van der Waals surface area contributed by atoms with Gasteiger partial charge >= 0.3 is 0 Å².